The lowest BCUT2D eigenvalue weighted by Crippen LogP contribution is -2.55. The van der Waals surface area contributed by atoms with Gasteiger partial charge in [-0.1, -0.05) is 46.3 Å². The number of hydrogen-bond acceptors (Lipinski definition) is 2. The molecular formula is C18H28O2. The first-order valence-corrected chi connectivity index (χ1v) is 7.53. The van der Waals surface area contributed by atoms with Gasteiger partial charge in [-0.25, -0.2) is 0 Å². The molecule has 112 valence electrons. The molecule has 2 nitrogen and oxygen atoms in total. The molecule has 20 heavy (non-hydrogen) atoms. The number of carbonyl (C=O) groups is 1. The van der Waals surface area contributed by atoms with Crippen molar-refractivity contribution in [2.75, 3.05) is 7.11 Å². The van der Waals surface area contributed by atoms with Gasteiger partial charge in [0.05, 0.1) is 6.10 Å². The van der Waals surface area contributed by atoms with Crippen LogP contribution in [0.15, 0.2) is 22.8 Å². The van der Waals surface area contributed by atoms with Crippen LogP contribution >= 0.6 is 0 Å². The summed E-state index contributed by atoms with van der Waals surface area (Å²) in [6.07, 6.45) is 5.43. The third-order valence-corrected chi connectivity index (χ3v) is 6.06. The van der Waals surface area contributed by atoms with E-state index in [9.17, 15) is 4.79 Å². The van der Waals surface area contributed by atoms with E-state index in [1.54, 1.807) is 7.11 Å². The minimum Gasteiger partial charge on any atom is -0.376 e. The van der Waals surface area contributed by atoms with Gasteiger partial charge >= 0.3 is 0 Å². The lowest BCUT2D eigenvalue weighted by molar-refractivity contribution is -0.110. The Morgan fingerprint density at radius 2 is 1.80 bits per heavy atom. The number of rotatable bonds is 2. The maximum Gasteiger partial charge on any atom is 0.148 e. The molecule has 2 atom stereocenters. The summed E-state index contributed by atoms with van der Waals surface area (Å²) >= 11 is 0. The second-order valence-corrected chi connectivity index (χ2v) is 7.90. The Labute approximate surface area is 123 Å². The van der Waals surface area contributed by atoms with Crippen molar-refractivity contribution in [3.05, 3.63) is 22.8 Å². The summed E-state index contributed by atoms with van der Waals surface area (Å²) in [6, 6.07) is 0. The molecule has 0 aliphatic heterocycles. The lowest BCUT2D eigenvalue weighted by Gasteiger charge is -2.60. The molecule has 0 amide bonds. The predicted octanol–water partition coefficient (Wildman–Crippen LogP) is 4.31. The van der Waals surface area contributed by atoms with Crippen LogP contribution in [0.1, 0.15) is 54.4 Å². The van der Waals surface area contributed by atoms with Crippen LogP contribution in [0.2, 0.25) is 0 Å². The van der Waals surface area contributed by atoms with Crippen LogP contribution in [0, 0.1) is 16.2 Å². The fourth-order valence-electron chi connectivity index (χ4n) is 4.26. The van der Waals surface area contributed by atoms with Crippen molar-refractivity contribution in [3.63, 3.8) is 0 Å². The molecule has 2 aliphatic rings. The minimum atomic E-state index is -0.144. The quantitative estimate of drug-likeness (QED) is 0.702. The molecule has 2 aliphatic carbocycles. The van der Waals surface area contributed by atoms with E-state index in [4.69, 9.17) is 4.74 Å². The number of methoxy groups -OCH3 is 1. The number of allylic oxidation sites excluding steroid dienone is 2. The van der Waals surface area contributed by atoms with E-state index in [0.29, 0.717) is 0 Å². The fraction of sp³-hybridized carbons (Fsp3) is 0.722. The minimum absolute atomic E-state index is 0.115. The van der Waals surface area contributed by atoms with Crippen LogP contribution in [0.3, 0.4) is 0 Å². The van der Waals surface area contributed by atoms with Crippen molar-refractivity contribution in [3.8, 4) is 0 Å². The molecule has 0 aromatic carbocycles. The predicted molar refractivity (Wildman–Crippen MR) is 82.5 cm³/mol. The molecule has 0 aromatic heterocycles. The topological polar surface area (TPSA) is 26.3 Å². The number of aldehydes is 1. The van der Waals surface area contributed by atoms with Crippen molar-refractivity contribution in [1.82, 2.24) is 0 Å². The largest absolute Gasteiger partial charge is 0.376 e. The number of fused-ring (bicyclic) bond motifs is 1. The number of carbonyl (C=O) groups excluding carboxylic acids is 1. The van der Waals surface area contributed by atoms with Crippen LogP contribution < -0.4 is 0 Å². The van der Waals surface area contributed by atoms with E-state index in [2.05, 4.69) is 40.7 Å². The second kappa shape index (κ2) is 4.56. The number of hydrogen-bond donors (Lipinski definition) is 0. The van der Waals surface area contributed by atoms with Gasteiger partial charge in [-0.3, -0.25) is 4.79 Å². The van der Waals surface area contributed by atoms with E-state index < -0.39 is 0 Å². The third kappa shape index (κ3) is 1.84. The number of ether oxygens (including phenoxy) is 1. The Morgan fingerprint density at radius 3 is 2.30 bits per heavy atom. The van der Waals surface area contributed by atoms with Crippen LogP contribution in [0.4, 0.5) is 0 Å². The summed E-state index contributed by atoms with van der Waals surface area (Å²) in [4.78, 5) is 11.6. The average molecular weight is 276 g/mol. The van der Waals surface area contributed by atoms with E-state index >= 15 is 0 Å². The zero-order chi connectivity index (χ0) is 15.3. The van der Waals surface area contributed by atoms with Gasteiger partial charge in [0.15, 0.2) is 0 Å². The average Bonchev–Trinajstić information content (AvgIpc) is 2.36. The Hall–Kier alpha value is -0.890. The Morgan fingerprint density at radius 1 is 1.20 bits per heavy atom. The maximum absolute atomic E-state index is 11.6. The SMILES string of the molecule is COC1C(C=O)=C(C)C=C2C(C)(C)CCC(C)(C)C21C. The van der Waals surface area contributed by atoms with Gasteiger partial charge in [0.1, 0.15) is 6.29 Å². The van der Waals surface area contributed by atoms with Gasteiger partial charge in [0, 0.05) is 18.1 Å². The summed E-state index contributed by atoms with van der Waals surface area (Å²) in [5.41, 5.74) is 3.46. The normalized spacial score (nSPS) is 35.4. The molecule has 0 bridgehead atoms. The molecule has 2 unspecified atom stereocenters. The molecule has 0 N–H and O–H groups in total. The first-order chi connectivity index (χ1) is 9.11. The van der Waals surface area contributed by atoms with Gasteiger partial charge in [0.2, 0.25) is 0 Å². The van der Waals surface area contributed by atoms with Gasteiger partial charge in [-0.2, -0.15) is 0 Å². The first-order valence-electron chi connectivity index (χ1n) is 7.53. The molecule has 1 fully saturated rings. The summed E-state index contributed by atoms with van der Waals surface area (Å²) in [5.74, 6) is 0. The van der Waals surface area contributed by atoms with Gasteiger partial charge in [0.25, 0.3) is 0 Å². The Balaban J connectivity index is 2.74. The summed E-state index contributed by atoms with van der Waals surface area (Å²) in [7, 11) is 1.73. The monoisotopic (exact) mass is 276 g/mol. The van der Waals surface area contributed by atoms with Crippen molar-refractivity contribution in [2.24, 2.45) is 16.2 Å². The zero-order valence-corrected chi connectivity index (χ0v) is 14.0. The van der Waals surface area contributed by atoms with Crippen molar-refractivity contribution >= 4 is 6.29 Å². The third-order valence-electron chi connectivity index (χ3n) is 6.06. The van der Waals surface area contributed by atoms with Gasteiger partial charge < -0.3 is 4.74 Å². The van der Waals surface area contributed by atoms with Gasteiger partial charge in [-0.05, 0) is 36.2 Å². The Kier molecular flexibility index (Phi) is 3.53. The second-order valence-electron chi connectivity index (χ2n) is 7.90. The first kappa shape index (κ1) is 15.5. The molecular weight excluding hydrogens is 248 g/mol. The van der Waals surface area contributed by atoms with Crippen molar-refractivity contribution in [2.45, 2.75) is 60.5 Å². The molecule has 2 heteroatoms. The molecule has 0 radical (unpaired) electrons. The van der Waals surface area contributed by atoms with Gasteiger partial charge in [-0.15, -0.1) is 0 Å². The van der Waals surface area contributed by atoms with Crippen molar-refractivity contribution < 1.29 is 9.53 Å². The Bertz CT molecular complexity index is 494. The molecule has 1 saturated carbocycles. The molecule has 0 saturated heterocycles. The molecule has 0 heterocycles. The van der Waals surface area contributed by atoms with Crippen molar-refractivity contribution in [1.29, 1.82) is 0 Å². The molecule has 2 rings (SSSR count). The summed E-state index contributed by atoms with van der Waals surface area (Å²) in [5, 5.41) is 0. The maximum atomic E-state index is 11.6. The lowest BCUT2D eigenvalue weighted by atomic mass is 9.46. The molecule has 0 aromatic rings. The highest BCUT2D eigenvalue weighted by molar-refractivity contribution is 5.79. The van der Waals surface area contributed by atoms with E-state index in [1.807, 2.05) is 6.92 Å². The molecule has 0 spiro atoms. The van der Waals surface area contributed by atoms with Crippen LogP contribution in [0.5, 0.6) is 0 Å². The summed E-state index contributed by atoms with van der Waals surface area (Å²) in [6.45, 7) is 13.6. The highest BCUT2D eigenvalue weighted by Gasteiger charge is 2.58. The van der Waals surface area contributed by atoms with E-state index in [0.717, 1.165) is 23.9 Å². The highest BCUT2D eigenvalue weighted by Crippen LogP contribution is 2.63. The standard InChI is InChI=1S/C18H28O2/c1-12-10-14-16(2,3)8-9-17(4,5)18(14,6)15(20-7)13(12)11-19/h10-11,15H,8-9H2,1-7H3. The zero-order valence-electron chi connectivity index (χ0n) is 14.0. The fourth-order valence-corrected chi connectivity index (χ4v) is 4.26. The van der Waals surface area contributed by atoms with Crippen LogP contribution in [-0.4, -0.2) is 19.5 Å². The highest BCUT2D eigenvalue weighted by atomic mass is 16.5. The van der Waals surface area contributed by atoms with E-state index in [-0.39, 0.29) is 22.3 Å². The summed E-state index contributed by atoms with van der Waals surface area (Å²) < 4.78 is 5.84. The van der Waals surface area contributed by atoms with Crippen LogP contribution in [-0.2, 0) is 9.53 Å². The smallest absolute Gasteiger partial charge is 0.148 e. The van der Waals surface area contributed by atoms with E-state index in [1.165, 1.54) is 12.0 Å². The van der Waals surface area contributed by atoms with Crippen LogP contribution in [0.25, 0.3) is 0 Å².